The van der Waals surface area contributed by atoms with Gasteiger partial charge in [-0.15, -0.1) is 0 Å². The number of nitrogens with one attached hydrogen (secondary N) is 6. The molecule has 0 aliphatic heterocycles. The van der Waals surface area contributed by atoms with Gasteiger partial charge in [-0.05, 0) is 41.8 Å². The molecule has 12 nitrogen and oxygen atoms in total. The van der Waals surface area contributed by atoms with Crippen LogP contribution in [-0.4, -0.2) is 67.9 Å². The number of hydrogen-bond acceptors (Lipinski definition) is 5. The van der Waals surface area contributed by atoms with Crippen LogP contribution in [0.25, 0.3) is 32.7 Å². The largest absolute Gasteiger partial charge is 0.480 e. The maximum absolute atomic E-state index is 14.0. The number of nitrogens with two attached hydrogens (primary N) is 1. The summed E-state index contributed by atoms with van der Waals surface area (Å²) in [5.41, 5.74) is 10.7. The zero-order valence-corrected chi connectivity index (χ0v) is 26.2. The minimum absolute atomic E-state index is 0.0203. The molecule has 3 aromatic carbocycles. The zero-order chi connectivity index (χ0) is 33.8. The third kappa shape index (κ3) is 6.93. The molecule has 0 aliphatic rings. The van der Waals surface area contributed by atoms with Gasteiger partial charge in [0.1, 0.15) is 18.1 Å². The first-order valence-electron chi connectivity index (χ1n) is 15.7. The number of aromatic nitrogens is 3. The predicted molar refractivity (Wildman–Crippen MR) is 183 cm³/mol. The molecule has 0 unspecified atom stereocenters. The molecule has 0 saturated carbocycles. The molecule has 3 heterocycles. The van der Waals surface area contributed by atoms with E-state index in [1.165, 1.54) is 6.92 Å². The van der Waals surface area contributed by atoms with Gasteiger partial charge in [-0.2, -0.15) is 0 Å². The van der Waals surface area contributed by atoms with Crippen LogP contribution in [0.4, 0.5) is 0 Å². The summed E-state index contributed by atoms with van der Waals surface area (Å²) in [6.07, 6.45) is 5.47. The van der Waals surface area contributed by atoms with Gasteiger partial charge in [0.25, 0.3) is 0 Å². The zero-order valence-electron chi connectivity index (χ0n) is 26.2. The summed E-state index contributed by atoms with van der Waals surface area (Å²) >= 11 is 0. The Kier molecular flexibility index (Phi) is 9.26. The van der Waals surface area contributed by atoms with Crippen molar-refractivity contribution in [3.63, 3.8) is 0 Å². The first-order chi connectivity index (χ1) is 23.2. The van der Waals surface area contributed by atoms with Gasteiger partial charge in [0.05, 0.1) is 6.04 Å². The van der Waals surface area contributed by atoms with Crippen LogP contribution in [0.15, 0.2) is 91.4 Å². The van der Waals surface area contributed by atoms with E-state index in [1.54, 1.807) is 18.6 Å². The van der Waals surface area contributed by atoms with Gasteiger partial charge in [-0.25, -0.2) is 4.79 Å². The molecule has 246 valence electrons. The van der Waals surface area contributed by atoms with E-state index in [-0.39, 0.29) is 19.3 Å². The molecular formula is C36H37N7O5. The number of aliphatic carboxylic acids is 1. The Hall–Kier alpha value is -5.88. The van der Waals surface area contributed by atoms with Crippen molar-refractivity contribution >= 4 is 56.4 Å². The number of carbonyl (C=O) groups is 4. The van der Waals surface area contributed by atoms with Crippen molar-refractivity contribution in [1.29, 1.82) is 0 Å². The number of hydrogen-bond donors (Lipinski definition) is 8. The Morgan fingerprint density at radius 1 is 0.583 bits per heavy atom. The molecule has 6 aromatic rings. The number of fused-ring (bicyclic) bond motifs is 3. The molecule has 9 N–H and O–H groups in total. The molecule has 0 bridgehead atoms. The fraction of sp³-hybridized carbons (Fsp3) is 0.222. The van der Waals surface area contributed by atoms with E-state index >= 15 is 0 Å². The van der Waals surface area contributed by atoms with E-state index in [2.05, 4.69) is 30.9 Å². The van der Waals surface area contributed by atoms with Crippen LogP contribution in [0.5, 0.6) is 0 Å². The van der Waals surface area contributed by atoms with Crippen LogP contribution in [0, 0.1) is 0 Å². The van der Waals surface area contributed by atoms with Gasteiger partial charge in [-0.3, -0.25) is 14.4 Å². The lowest BCUT2D eigenvalue weighted by molar-refractivity contribution is -0.142. The van der Waals surface area contributed by atoms with Gasteiger partial charge in [0, 0.05) is 70.6 Å². The van der Waals surface area contributed by atoms with Crippen LogP contribution >= 0.6 is 0 Å². The second-order valence-corrected chi connectivity index (χ2v) is 12.0. The van der Waals surface area contributed by atoms with Crippen molar-refractivity contribution in [1.82, 2.24) is 30.9 Å². The Balaban J connectivity index is 1.28. The maximum atomic E-state index is 14.0. The average molecular weight is 648 g/mol. The number of amides is 3. The standard InChI is InChI=1S/C36H37N7O5/c1-20(37)33(44)41-30(14-21-17-38-27-11-5-2-8-24(21)27)34(45)42-31(15-22-18-39-28-12-6-3-9-25(22)28)35(46)43-32(36(47)48)16-23-19-40-29-13-7-4-10-26(23)29/h2-13,17-20,30-32,38-40H,14-16,37H2,1H3,(H,41,44)(H,42,45)(H,43,46)(H,47,48)/t20-,30+,31-,32+/m0/s1. The van der Waals surface area contributed by atoms with E-state index in [9.17, 15) is 24.3 Å². The Labute approximate surface area is 275 Å². The van der Waals surface area contributed by atoms with E-state index in [1.807, 2.05) is 72.8 Å². The SMILES string of the molecule is C[C@H](N)C(=O)N[C@H](Cc1c[nH]c2ccccc12)C(=O)N[C@@H](Cc1c[nH]c2ccccc12)C(=O)N[C@H](Cc1c[nH]c2ccccc12)C(=O)O. The Morgan fingerprint density at radius 2 is 0.917 bits per heavy atom. The maximum Gasteiger partial charge on any atom is 0.326 e. The first-order valence-corrected chi connectivity index (χ1v) is 15.7. The number of aromatic amines is 3. The fourth-order valence-electron chi connectivity index (χ4n) is 6.03. The van der Waals surface area contributed by atoms with Crippen LogP contribution in [0.1, 0.15) is 23.6 Å². The summed E-state index contributed by atoms with van der Waals surface area (Å²) < 4.78 is 0. The molecule has 0 aliphatic carbocycles. The highest BCUT2D eigenvalue weighted by Gasteiger charge is 2.31. The number of benzene rings is 3. The summed E-state index contributed by atoms with van der Waals surface area (Å²) in [6.45, 7) is 1.52. The molecule has 3 amide bonds. The third-order valence-electron chi connectivity index (χ3n) is 8.59. The molecule has 48 heavy (non-hydrogen) atoms. The quantitative estimate of drug-likeness (QED) is 0.0948. The third-order valence-corrected chi connectivity index (χ3v) is 8.59. The van der Waals surface area contributed by atoms with E-state index in [4.69, 9.17) is 5.73 Å². The summed E-state index contributed by atoms with van der Waals surface area (Å²) in [4.78, 5) is 62.7. The smallest absolute Gasteiger partial charge is 0.326 e. The molecule has 6 rings (SSSR count). The molecule has 12 heteroatoms. The van der Waals surface area contributed by atoms with Gasteiger partial charge in [-0.1, -0.05) is 54.6 Å². The monoisotopic (exact) mass is 647 g/mol. The topological polar surface area (TPSA) is 198 Å². The highest BCUT2D eigenvalue weighted by Crippen LogP contribution is 2.22. The summed E-state index contributed by atoms with van der Waals surface area (Å²) in [5, 5.41) is 21.0. The van der Waals surface area contributed by atoms with Crippen molar-refractivity contribution in [2.24, 2.45) is 5.73 Å². The van der Waals surface area contributed by atoms with Crippen LogP contribution in [0.2, 0.25) is 0 Å². The van der Waals surface area contributed by atoms with Gasteiger partial charge in [0.15, 0.2) is 0 Å². The van der Waals surface area contributed by atoms with Gasteiger partial charge in [0.2, 0.25) is 17.7 Å². The summed E-state index contributed by atoms with van der Waals surface area (Å²) in [5.74, 6) is -3.03. The Bertz CT molecular complexity index is 2110. The minimum atomic E-state index is -1.28. The summed E-state index contributed by atoms with van der Waals surface area (Å²) in [7, 11) is 0. The average Bonchev–Trinajstić information content (AvgIpc) is 3.81. The van der Waals surface area contributed by atoms with Crippen molar-refractivity contribution in [3.05, 3.63) is 108 Å². The van der Waals surface area contributed by atoms with Crippen molar-refractivity contribution in [3.8, 4) is 0 Å². The number of para-hydroxylation sites is 3. The number of rotatable bonds is 13. The van der Waals surface area contributed by atoms with Gasteiger partial charge < -0.3 is 41.7 Å². The second-order valence-electron chi connectivity index (χ2n) is 12.0. The first kappa shape index (κ1) is 32.1. The minimum Gasteiger partial charge on any atom is -0.480 e. The predicted octanol–water partition coefficient (Wildman–Crippen LogP) is 3.04. The molecule has 3 aromatic heterocycles. The van der Waals surface area contributed by atoms with Crippen molar-refractivity contribution in [2.75, 3.05) is 0 Å². The molecule has 4 atom stereocenters. The number of carboxylic acids is 1. The molecule has 0 radical (unpaired) electrons. The normalized spacial score (nSPS) is 14.0. The van der Waals surface area contributed by atoms with E-state index in [0.29, 0.717) is 0 Å². The van der Waals surface area contributed by atoms with E-state index < -0.39 is 47.9 Å². The van der Waals surface area contributed by atoms with Crippen molar-refractivity contribution in [2.45, 2.75) is 50.4 Å². The van der Waals surface area contributed by atoms with Gasteiger partial charge >= 0.3 is 5.97 Å². The Morgan fingerprint density at radius 3 is 1.29 bits per heavy atom. The number of carboxylic acid groups (broad SMARTS) is 1. The number of H-pyrrole nitrogens is 3. The summed E-state index contributed by atoms with van der Waals surface area (Å²) in [6, 6.07) is 18.2. The van der Waals surface area contributed by atoms with E-state index in [0.717, 1.165) is 49.4 Å². The van der Waals surface area contributed by atoms with Crippen LogP contribution in [0.3, 0.4) is 0 Å². The number of carbonyl (C=O) groups excluding carboxylic acids is 3. The van der Waals surface area contributed by atoms with Crippen molar-refractivity contribution < 1.29 is 24.3 Å². The highest BCUT2D eigenvalue weighted by molar-refractivity contribution is 5.96. The highest BCUT2D eigenvalue weighted by atomic mass is 16.4. The fourth-order valence-corrected chi connectivity index (χ4v) is 6.03. The molecule has 0 fully saturated rings. The lowest BCUT2D eigenvalue weighted by Gasteiger charge is -2.25. The molecule has 0 saturated heterocycles. The van der Waals surface area contributed by atoms with Crippen LogP contribution in [-0.2, 0) is 38.4 Å². The molecule has 0 spiro atoms. The molecular weight excluding hydrogens is 610 g/mol. The second kappa shape index (κ2) is 13.9. The lowest BCUT2D eigenvalue weighted by atomic mass is 10.0. The van der Waals surface area contributed by atoms with Crippen LogP contribution < -0.4 is 21.7 Å². The lowest BCUT2D eigenvalue weighted by Crippen LogP contribution is -2.58.